The van der Waals surface area contributed by atoms with Gasteiger partial charge in [-0.3, -0.25) is 9.59 Å². The van der Waals surface area contributed by atoms with E-state index in [1.807, 2.05) is 6.08 Å². The normalized spacial score (nSPS) is 12.5. The van der Waals surface area contributed by atoms with Crippen molar-refractivity contribution in [2.24, 2.45) is 0 Å². The molecule has 0 saturated heterocycles. The van der Waals surface area contributed by atoms with Crippen molar-refractivity contribution in [3.8, 4) is 0 Å². The van der Waals surface area contributed by atoms with Crippen LogP contribution in [0.5, 0.6) is 0 Å². The molecule has 2 unspecified atom stereocenters. The summed E-state index contributed by atoms with van der Waals surface area (Å²) in [6.45, 7) is 4.91. The van der Waals surface area contributed by atoms with E-state index in [1.54, 1.807) is 6.08 Å². The number of carbonyl (C=O) groups is 2. The maximum atomic E-state index is 12.4. The van der Waals surface area contributed by atoms with Crippen LogP contribution >= 0.6 is 0 Å². The fourth-order valence-corrected chi connectivity index (χ4v) is 11.4. The fraction of sp³-hybridized carbons (Fsp3) is 0.944. The fourth-order valence-electron chi connectivity index (χ4n) is 11.4. The minimum atomic E-state index is -0.837. The van der Waals surface area contributed by atoms with Gasteiger partial charge >= 0.3 is 5.97 Å². The number of carbonyl (C=O) groups excluding carboxylic acids is 2. The van der Waals surface area contributed by atoms with Gasteiger partial charge in [-0.15, -0.1) is 0 Å². The van der Waals surface area contributed by atoms with Crippen LogP contribution in [0.25, 0.3) is 0 Å². The minimum absolute atomic E-state index is 0.0252. The van der Waals surface area contributed by atoms with E-state index < -0.39 is 12.1 Å². The van der Waals surface area contributed by atoms with Crippen LogP contribution in [-0.2, 0) is 14.3 Å². The number of unbranched alkanes of at least 4 members (excludes halogenated alkanes) is 56. The van der Waals surface area contributed by atoms with Gasteiger partial charge < -0.3 is 20.3 Å². The molecule has 0 aliphatic carbocycles. The molecule has 0 heterocycles. The van der Waals surface area contributed by atoms with Crippen LogP contribution in [-0.4, -0.2) is 47.4 Å². The topological polar surface area (TPSA) is 95.9 Å². The Hall–Kier alpha value is -1.40. The van der Waals surface area contributed by atoms with Gasteiger partial charge in [0.1, 0.15) is 0 Å². The zero-order valence-corrected chi connectivity index (χ0v) is 52.5. The van der Waals surface area contributed by atoms with E-state index in [9.17, 15) is 19.8 Å². The lowest BCUT2D eigenvalue weighted by molar-refractivity contribution is -0.143. The lowest BCUT2D eigenvalue weighted by atomic mass is 10.0. The first kappa shape index (κ1) is 75.6. The lowest BCUT2D eigenvalue weighted by Gasteiger charge is -2.20. The third-order valence-corrected chi connectivity index (χ3v) is 16.8. The first-order valence-electron chi connectivity index (χ1n) is 35.5. The van der Waals surface area contributed by atoms with Crippen LogP contribution < -0.4 is 5.32 Å². The van der Waals surface area contributed by atoms with Crippen molar-refractivity contribution in [3.63, 3.8) is 0 Å². The molecule has 77 heavy (non-hydrogen) atoms. The van der Waals surface area contributed by atoms with Gasteiger partial charge in [-0.25, -0.2) is 0 Å². The Morgan fingerprint density at radius 2 is 0.597 bits per heavy atom. The van der Waals surface area contributed by atoms with Crippen molar-refractivity contribution in [3.05, 3.63) is 12.2 Å². The van der Waals surface area contributed by atoms with Crippen LogP contribution in [0.4, 0.5) is 0 Å². The number of rotatable bonds is 67. The van der Waals surface area contributed by atoms with Crippen molar-refractivity contribution in [2.75, 3.05) is 13.2 Å². The van der Waals surface area contributed by atoms with Gasteiger partial charge in [0, 0.05) is 12.8 Å². The molecule has 6 heteroatoms. The molecule has 0 fully saturated rings. The smallest absolute Gasteiger partial charge is 0.305 e. The van der Waals surface area contributed by atoms with E-state index >= 15 is 0 Å². The van der Waals surface area contributed by atoms with Crippen molar-refractivity contribution in [1.29, 1.82) is 0 Å². The summed E-state index contributed by atoms with van der Waals surface area (Å²) in [5, 5.41) is 23.0. The second kappa shape index (κ2) is 67.1. The summed E-state index contributed by atoms with van der Waals surface area (Å²) in [5.74, 6) is -0.0375. The molecule has 0 aromatic rings. The largest absolute Gasteiger partial charge is 0.466 e. The maximum Gasteiger partial charge on any atom is 0.305 e. The Labute approximate surface area is 482 Å². The molecular weight excluding hydrogens is 947 g/mol. The maximum absolute atomic E-state index is 12.4. The molecular formula is C71H139NO5. The highest BCUT2D eigenvalue weighted by Crippen LogP contribution is 2.19. The number of esters is 1. The van der Waals surface area contributed by atoms with Gasteiger partial charge in [-0.1, -0.05) is 373 Å². The molecule has 0 rings (SSSR count). The number of hydrogen-bond donors (Lipinski definition) is 3. The minimum Gasteiger partial charge on any atom is -0.466 e. The summed E-state index contributed by atoms with van der Waals surface area (Å²) in [6, 6.07) is -0.620. The molecule has 0 aromatic carbocycles. The number of hydrogen-bond acceptors (Lipinski definition) is 5. The van der Waals surface area contributed by atoms with E-state index in [4.69, 9.17) is 4.74 Å². The molecule has 0 aliphatic rings. The SMILES string of the molecule is CCCCCCCCC/C=C/C(O)C(CO)NC(=O)CCCCCCCCCCCCCCCCCCCCCCCCCCCCCCCCCCCCCCCCCOC(=O)CCCCCCCCCCCCCC. The van der Waals surface area contributed by atoms with Crippen molar-refractivity contribution >= 4 is 11.9 Å². The quantitative estimate of drug-likeness (QED) is 0.0320. The highest BCUT2D eigenvalue weighted by Gasteiger charge is 2.18. The summed E-state index contributed by atoms with van der Waals surface area (Å²) >= 11 is 0. The summed E-state index contributed by atoms with van der Waals surface area (Å²) in [5.41, 5.74) is 0. The molecule has 0 saturated carbocycles. The van der Waals surface area contributed by atoms with Gasteiger partial charge in [0.2, 0.25) is 5.91 Å². The second-order valence-corrected chi connectivity index (χ2v) is 24.6. The molecule has 0 aromatic heterocycles. The summed E-state index contributed by atoms with van der Waals surface area (Å²) in [6.07, 6.45) is 83.3. The van der Waals surface area contributed by atoms with Crippen LogP contribution in [0, 0.1) is 0 Å². The molecule has 0 radical (unpaired) electrons. The first-order chi connectivity index (χ1) is 38.0. The molecule has 0 bridgehead atoms. The number of aliphatic hydroxyl groups is 2. The highest BCUT2D eigenvalue weighted by atomic mass is 16.5. The van der Waals surface area contributed by atoms with Crippen molar-refractivity contribution in [2.45, 2.75) is 418 Å². The van der Waals surface area contributed by atoms with Gasteiger partial charge in [0.25, 0.3) is 0 Å². The predicted molar refractivity (Wildman–Crippen MR) is 338 cm³/mol. The molecule has 1 amide bonds. The number of amides is 1. The van der Waals surface area contributed by atoms with Gasteiger partial charge in [0.15, 0.2) is 0 Å². The number of aliphatic hydroxyl groups excluding tert-OH is 2. The van der Waals surface area contributed by atoms with Crippen LogP contribution in [0.2, 0.25) is 0 Å². The van der Waals surface area contributed by atoms with E-state index in [0.717, 1.165) is 38.5 Å². The van der Waals surface area contributed by atoms with Crippen molar-refractivity contribution < 1.29 is 24.5 Å². The average molecular weight is 1090 g/mol. The van der Waals surface area contributed by atoms with Crippen LogP contribution in [0.15, 0.2) is 12.2 Å². The van der Waals surface area contributed by atoms with Crippen LogP contribution in [0.1, 0.15) is 406 Å². The van der Waals surface area contributed by atoms with E-state index in [1.165, 1.54) is 340 Å². The Bertz CT molecular complexity index is 1160. The summed E-state index contributed by atoms with van der Waals surface area (Å²) in [7, 11) is 0. The number of nitrogens with one attached hydrogen (secondary N) is 1. The van der Waals surface area contributed by atoms with E-state index in [2.05, 4.69) is 19.2 Å². The van der Waals surface area contributed by atoms with Crippen molar-refractivity contribution in [1.82, 2.24) is 5.32 Å². The Morgan fingerprint density at radius 3 is 0.883 bits per heavy atom. The van der Waals surface area contributed by atoms with Gasteiger partial charge in [-0.05, 0) is 32.1 Å². The molecule has 458 valence electrons. The molecule has 6 nitrogen and oxygen atoms in total. The van der Waals surface area contributed by atoms with Gasteiger partial charge in [0.05, 0.1) is 25.4 Å². The number of allylic oxidation sites excluding steroid dienone is 1. The monoisotopic (exact) mass is 1090 g/mol. The molecule has 0 spiro atoms. The Kier molecular flexibility index (Phi) is 65.9. The Balaban J connectivity index is 3.26. The summed E-state index contributed by atoms with van der Waals surface area (Å²) in [4.78, 5) is 24.4. The van der Waals surface area contributed by atoms with E-state index in [-0.39, 0.29) is 18.5 Å². The zero-order valence-electron chi connectivity index (χ0n) is 52.5. The standard InChI is InChI=1S/C71H139NO5/c1-3-5-7-9-11-13-14-45-49-53-57-61-65-71(76)77-66-62-58-54-50-46-43-41-39-37-35-33-31-29-27-25-23-21-19-17-15-16-18-20-22-24-26-28-30-32-34-36-38-40-42-44-48-52-56-60-64-70(75)72-68(67-73)69(74)63-59-55-51-47-12-10-8-6-4-2/h59,63,68-69,73-74H,3-58,60-62,64-67H2,1-2H3,(H,72,75)/b63-59+. The molecule has 0 aliphatic heterocycles. The highest BCUT2D eigenvalue weighted by molar-refractivity contribution is 5.76. The summed E-state index contributed by atoms with van der Waals surface area (Å²) < 4.78 is 5.49. The molecule has 2 atom stereocenters. The molecule has 3 N–H and O–H groups in total. The number of ether oxygens (including phenoxy) is 1. The third-order valence-electron chi connectivity index (χ3n) is 16.8. The Morgan fingerprint density at radius 1 is 0.351 bits per heavy atom. The zero-order chi connectivity index (χ0) is 55.7. The third kappa shape index (κ3) is 63.6. The van der Waals surface area contributed by atoms with Crippen LogP contribution in [0.3, 0.4) is 0 Å². The second-order valence-electron chi connectivity index (χ2n) is 24.6. The average Bonchev–Trinajstić information content (AvgIpc) is 3.43. The first-order valence-corrected chi connectivity index (χ1v) is 35.5. The van der Waals surface area contributed by atoms with Gasteiger partial charge in [-0.2, -0.15) is 0 Å². The predicted octanol–water partition coefficient (Wildman–Crippen LogP) is 22.8. The van der Waals surface area contributed by atoms with E-state index in [0.29, 0.717) is 19.4 Å². The lowest BCUT2D eigenvalue weighted by Crippen LogP contribution is -2.45.